The van der Waals surface area contributed by atoms with Gasteiger partial charge in [-0.05, 0) is 31.2 Å². The normalized spacial score (nSPS) is 16.1. The molecular formula is C15H28N2O5. The van der Waals surface area contributed by atoms with Crippen molar-refractivity contribution in [3.63, 3.8) is 0 Å². The number of rotatable bonds is 6. The Morgan fingerprint density at radius 1 is 1.18 bits per heavy atom. The van der Waals surface area contributed by atoms with Gasteiger partial charge < -0.3 is 21.3 Å². The molecule has 5 N–H and O–H groups in total. The molecule has 0 aromatic carbocycles. The van der Waals surface area contributed by atoms with Crippen molar-refractivity contribution in [2.75, 3.05) is 6.54 Å². The zero-order chi connectivity index (χ0) is 17.0. The number of ether oxygens (including phenoxy) is 1. The van der Waals surface area contributed by atoms with Crippen LogP contribution in [0.1, 0.15) is 64.7 Å². The van der Waals surface area contributed by atoms with Crippen molar-refractivity contribution in [1.29, 1.82) is 0 Å². The minimum Gasteiger partial charge on any atom is -0.481 e. The lowest BCUT2D eigenvalue weighted by Gasteiger charge is -2.34. The number of carbonyl (C=O) groups excluding carboxylic acids is 2. The van der Waals surface area contributed by atoms with Crippen molar-refractivity contribution >= 4 is 18.0 Å². The highest BCUT2D eigenvalue weighted by Gasteiger charge is 2.32. The largest absolute Gasteiger partial charge is 0.481 e. The van der Waals surface area contributed by atoms with Gasteiger partial charge in [-0.25, -0.2) is 4.79 Å². The number of amides is 1. The fourth-order valence-corrected chi connectivity index (χ4v) is 2.56. The lowest BCUT2D eigenvalue weighted by Crippen LogP contribution is -2.34. The van der Waals surface area contributed by atoms with E-state index in [-0.39, 0.29) is 18.3 Å². The summed E-state index contributed by atoms with van der Waals surface area (Å²) in [5.41, 5.74) is 10.1. The maximum absolute atomic E-state index is 10.6. The number of aliphatic carboxylic acids is 1. The summed E-state index contributed by atoms with van der Waals surface area (Å²) in [5, 5.41) is 8.71. The highest BCUT2D eigenvalue weighted by Crippen LogP contribution is 2.38. The number of unbranched alkanes of at least 4 members (excludes halogenated alkanes) is 1. The standard InChI is InChI=1S/C9H17NO2.C6H11NO3/c10-7-9(6-8(11)12)4-2-1-3-5-9;1-2-3-4-5(8)10-6(7)9/h1-7,10H2,(H,11,12);2-4H2,1H3,(H2,7,9). The van der Waals surface area contributed by atoms with Crippen LogP contribution in [-0.4, -0.2) is 29.7 Å². The summed E-state index contributed by atoms with van der Waals surface area (Å²) in [7, 11) is 0. The molecule has 0 spiro atoms. The monoisotopic (exact) mass is 316 g/mol. The van der Waals surface area contributed by atoms with E-state index in [2.05, 4.69) is 10.5 Å². The second-order valence-corrected chi connectivity index (χ2v) is 5.73. The fourth-order valence-electron chi connectivity index (χ4n) is 2.56. The first-order valence-corrected chi connectivity index (χ1v) is 7.77. The number of primary amides is 1. The second-order valence-electron chi connectivity index (χ2n) is 5.73. The van der Waals surface area contributed by atoms with Gasteiger partial charge in [0.15, 0.2) is 0 Å². The molecule has 0 bridgehead atoms. The van der Waals surface area contributed by atoms with Crippen molar-refractivity contribution in [3.8, 4) is 0 Å². The van der Waals surface area contributed by atoms with Crippen molar-refractivity contribution in [1.82, 2.24) is 0 Å². The van der Waals surface area contributed by atoms with Gasteiger partial charge in [-0.3, -0.25) is 9.59 Å². The van der Waals surface area contributed by atoms with Gasteiger partial charge >= 0.3 is 18.0 Å². The summed E-state index contributed by atoms with van der Waals surface area (Å²) in [6.45, 7) is 2.47. The molecule has 7 nitrogen and oxygen atoms in total. The Labute approximate surface area is 131 Å². The zero-order valence-electron chi connectivity index (χ0n) is 13.3. The van der Waals surface area contributed by atoms with Gasteiger partial charge in [0.1, 0.15) is 0 Å². The lowest BCUT2D eigenvalue weighted by atomic mass is 9.72. The molecule has 0 aromatic rings. The Morgan fingerprint density at radius 2 is 1.77 bits per heavy atom. The van der Waals surface area contributed by atoms with E-state index >= 15 is 0 Å². The first-order chi connectivity index (χ1) is 10.3. The molecule has 1 saturated carbocycles. The predicted molar refractivity (Wildman–Crippen MR) is 82.0 cm³/mol. The van der Waals surface area contributed by atoms with Crippen LogP contribution in [0.2, 0.25) is 0 Å². The van der Waals surface area contributed by atoms with Gasteiger partial charge in [0.25, 0.3) is 0 Å². The van der Waals surface area contributed by atoms with Gasteiger partial charge in [-0.1, -0.05) is 32.6 Å². The molecule has 0 atom stereocenters. The van der Waals surface area contributed by atoms with Crippen molar-refractivity contribution in [3.05, 3.63) is 0 Å². The molecule has 0 unspecified atom stereocenters. The van der Waals surface area contributed by atoms with Crippen LogP contribution in [-0.2, 0) is 14.3 Å². The van der Waals surface area contributed by atoms with E-state index in [1.807, 2.05) is 6.92 Å². The maximum Gasteiger partial charge on any atom is 0.412 e. The van der Waals surface area contributed by atoms with Crippen LogP contribution in [0.3, 0.4) is 0 Å². The van der Waals surface area contributed by atoms with Crippen molar-refractivity contribution in [2.24, 2.45) is 16.9 Å². The molecule has 1 aliphatic carbocycles. The minimum atomic E-state index is -1.03. The smallest absolute Gasteiger partial charge is 0.412 e. The van der Waals surface area contributed by atoms with Gasteiger partial charge in [0.05, 0.1) is 6.42 Å². The molecule has 0 radical (unpaired) electrons. The first kappa shape index (κ1) is 20.4. The molecule has 0 aliphatic heterocycles. The molecule has 7 heteroatoms. The Hall–Kier alpha value is -1.63. The van der Waals surface area contributed by atoms with Crippen LogP contribution < -0.4 is 11.5 Å². The molecule has 0 saturated heterocycles. The van der Waals surface area contributed by atoms with Crippen molar-refractivity contribution in [2.45, 2.75) is 64.7 Å². The van der Waals surface area contributed by atoms with Gasteiger partial charge in [-0.2, -0.15) is 0 Å². The Morgan fingerprint density at radius 3 is 2.18 bits per heavy atom. The van der Waals surface area contributed by atoms with Crippen LogP contribution in [0.4, 0.5) is 4.79 Å². The van der Waals surface area contributed by atoms with Crippen molar-refractivity contribution < 1.29 is 24.2 Å². The molecule has 0 heterocycles. The molecule has 1 fully saturated rings. The Bertz CT molecular complexity index is 365. The molecule has 22 heavy (non-hydrogen) atoms. The number of nitrogens with two attached hydrogens (primary N) is 2. The summed E-state index contributed by atoms with van der Waals surface area (Å²) in [6, 6.07) is 0. The third-order valence-corrected chi connectivity index (χ3v) is 3.82. The predicted octanol–water partition coefficient (Wildman–Crippen LogP) is 2.17. The van der Waals surface area contributed by atoms with E-state index in [1.54, 1.807) is 0 Å². The van der Waals surface area contributed by atoms with E-state index < -0.39 is 18.0 Å². The number of esters is 1. The lowest BCUT2D eigenvalue weighted by molar-refractivity contribution is -0.140. The minimum absolute atomic E-state index is 0.0793. The second kappa shape index (κ2) is 11.0. The van der Waals surface area contributed by atoms with Crippen LogP contribution in [0.25, 0.3) is 0 Å². The molecule has 0 aromatic heterocycles. The topological polar surface area (TPSA) is 133 Å². The molecule has 1 aliphatic rings. The zero-order valence-corrected chi connectivity index (χ0v) is 13.3. The fraction of sp³-hybridized carbons (Fsp3) is 0.800. The Balaban J connectivity index is 0.000000409. The molecular weight excluding hydrogens is 288 g/mol. The quantitative estimate of drug-likeness (QED) is 0.508. The summed E-state index contributed by atoms with van der Waals surface area (Å²) in [6.07, 6.45) is 6.63. The van der Waals surface area contributed by atoms with E-state index in [4.69, 9.17) is 10.8 Å². The average Bonchev–Trinajstić information content (AvgIpc) is 2.45. The third-order valence-electron chi connectivity index (χ3n) is 3.82. The number of carbonyl (C=O) groups is 3. The maximum atomic E-state index is 10.6. The number of hydrogen-bond acceptors (Lipinski definition) is 5. The van der Waals surface area contributed by atoms with Crippen LogP contribution in [0.15, 0.2) is 0 Å². The Kier molecular flexibility index (Phi) is 10.2. The number of carboxylic acid groups (broad SMARTS) is 1. The third kappa shape index (κ3) is 9.33. The van der Waals surface area contributed by atoms with E-state index in [9.17, 15) is 14.4 Å². The summed E-state index contributed by atoms with van der Waals surface area (Å²) < 4.78 is 4.05. The molecule has 1 rings (SSSR count). The molecule has 128 valence electrons. The van der Waals surface area contributed by atoms with Gasteiger partial charge in [0.2, 0.25) is 0 Å². The van der Waals surface area contributed by atoms with E-state index in [0.717, 1.165) is 38.5 Å². The summed E-state index contributed by atoms with van der Waals surface area (Å²) in [4.78, 5) is 31.0. The number of carboxylic acids is 1. The van der Waals surface area contributed by atoms with Gasteiger partial charge in [-0.15, -0.1) is 0 Å². The van der Waals surface area contributed by atoms with Gasteiger partial charge in [0, 0.05) is 6.42 Å². The average molecular weight is 316 g/mol. The summed E-state index contributed by atoms with van der Waals surface area (Å²) >= 11 is 0. The van der Waals surface area contributed by atoms with Crippen LogP contribution in [0.5, 0.6) is 0 Å². The van der Waals surface area contributed by atoms with Crippen LogP contribution in [0, 0.1) is 5.41 Å². The highest BCUT2D eigenvalue weighted by atomic mass is 16.6. The summed E-state index contributed by atoms with van der Waals surface area (Å²) in [5.74, 6) is -1.25. The first-order valence-electron chi connectivity index (χ1n) is 7.77. The number of hydrogen-bond donors (Lipinski definition) is 3. The molecule has 1 amide bonds. The highest BCUT2D eigenvalue weighted by molar-refractivity contribution is 5.83. The van der Waals surface area contributed by atoms with E-state index in [1.165, 1.54) is 6.42 Å². The SMILES string of the molecule is CCCCC(=O)OC(N)=O.NCC1(CC(=O)O)CCCCC1. The van der Waals surface area contributed by atoms with Crippen LogP contribution >= 0.6 is 0 Å². The van der Waals surface area contributed by atoms with E-state index in [0.29, 0.717) is 6.54 Å².